The van der Waals surface area contributed by atoms with Crippen LogP contribution in [0.3, 0.4) is 0 Å². The van der Waals surface area contributed by atoms with Crippen molar-refractivity contribution in [3.05, 3.63) is 0 Å². The van der Waals surface area contributed by atoms with Crippen LogP contribution >= 0.6 is 0 Å². The molecule has 0 aliphatic carbocycles. The zero-order valence-corrected chi connectivity index (χ0v) is 7.62. The first kappa shape index (κ1) is 11.7. The summed E-state index contributed by atoms with van der Waals surface area (Å²) in [5.41, 5.74) is 0. The molecule has 9 heavy (non-hydrogen) atoms. The smallest absolute Gasteiger partial charge is 0.0766 e. The molecule has 0 radical (unpaired) electrons. The predicted molar refractivity (Wildman–Crippen MR) is 43.9 cm³/mol. The number of quaternary nitrogens is 1. The Balaban J connectivity index is 0. The van der Waals surface area contributed by atoms with Gasteiger partial charge in [-0.15, -0.1) is 0 Å². The van der Waals surface area contributed by atoms with E-state index >= 15 is 0 Å². The Kier molecular flexibility index (Phi) is 14.1. The molecule has 0 aliphatic heterocycles. The van der Waals surface area contributed by atoms with Crippen molar-refractivity contribution < 1.29 is 4.90 Å². The van der Waals surface area contributed by atoms with Crippen LogP contribution in [-0.2, 0) is 0 Å². The molecule has 0 aromatic carbocycles. The fourth-order valence-electron chi connectivity index (χ4n) is 0.530. The molecular weight excluding hydrogens is 110 g/mol. The lowest BCUT2D eigenvalue weighted by molar-refractivity contribution is -0.858. The zero-order valence-electron chi connectivity index (χ0n) is 7.62. The van der Waals surface area contributed by atoms with Crippen molar-refractivity contribution in [3.63, 3.8) is 0 Å². The van der Waals surface area contributed by atoms with E-state index in [1.54, 1.807) is 4.90 Å². The molecular formula is C8H22N+. The van der Waals surface area contributed by atoms with E-state index in [1.807, 2.05) is 13.8 Å². The molecule has 0 rings (SSSR count). The Hall–Kier alpha value is -0.0400. The molecule has 58 valence electrons. The molecule has 0 fully saturated rings. The van der Waals surface area contributed by atoms with Gasteiger partial charge < -0.3 is 4.90 Å². The van der Waals surface area contributed by atoms with Gasteiger partial charge in [-0.25, -0.2) is 0 Å². The fraction of sp³-hybridized carbons (Fsp3) is 1.00. The van der Waals surface area contributed by atoms with Crippen LogP contribution in [0.5, 0.6) is 0 Å². The number of nitrogens with one attached hydrogen (secondary N) is 1. The van der Waals surface area contributed by atoms with Gasteiger partial charge in [0.05, 0.1) is 20.6 Å². The Bertz CT molecular complexity index is 33.5. The van der Waals surface area contributed by atoms with Crippen molar-refractivity contribution in [2.45, 2.75) is 33.6 Å². The minimum absolute atomic E-state index is 1.32. The van der Waals surface area contributed by atoms with Gasteiger partial charge >= 0.3 is 0 Å². The maximum absolute atomic E-state index is 2.23. The van der Waals surface area contributed by atoms with E-state index in [2.05, 4.69) is 21.0 Å². The molecule has 0 aromatic rings. The molecule has 0 bridgehead atoms. The molecule has 0 saturated heterocycles. The summed E-state index contributed by atoms with van der Waals surface area (Å²) in [6, 6.07) is 0. The third kappa shape index (κ3) is 18.0. The highest BCUT2D eigenvalue weighted by Crippen LogP contribution is 1.77. The van der Waals surface area contributed by atoms with Crippen LogP contribution in [0.2, 0.25) is 0 Å². The molecule has 1 heteroatoms. The van der Waals surface area contributed by atoms with E-state index in [0.29, 0.717) is 0 Å². The van der Waals surface area contributed by atoms with E-state index in [0.717, 1.165) is 0 Å². The normalized spacial score (nSPS) is 8.67. The van der Waals surface area contributed by atoms with Gasteiger partial charge in [-0.2, -0.15) is 0 Å². The summed E-state index contributed by atoms with van der Waals surface area (Å²) >= 11 is 0. The molecule has 0 spiro atoms. The molecule has 0 saturated carbocycles. The van der Waals surface area contributed by atoms with Crippen molar-refractivity contribution in [3.8, 4) is 0 Å². The van der Waals surface area contributed by atoms with Gasteiger partial charge in [0.25, 0.3) is 0 Å². The van der Waals surface area contributed by atoms with Gasteiger partial charge in [-0.3, -0.25) is 0 Å². The molecule has 0 heterocycles. The summed E-state index contributed by atoms with van der Waals surface area (Å²) in [6.45, 7) is 7.54. The van der Waals surface area contributed by atoms with E-state index < -0.39 is 0 Å². The Morgan fingerprint density at radius 2 is 1.56 bits per heavy atom. The van der Waals surface area contributed by atoms with Gasteiger partial charge in [0, 0.05) is 0 Å². The van der Waals surface area contributed by atoms with Crippen molar-refractivity contribution in [2.24, 2.45) is 0 Å². The monoisotopic (exact) mass is 132 g/mol. The lowest BCUT2D eigenvalue weighted by Crippen LogP contribution is -3.05. The van der Waals surface area contributed by atoms with Crippen LogP contribution in [-0.4, -0.2) is 20.6 Å². The van der Waals surface area contributed by atoms with E-state index in [1.165, 1.54) is 19.4 Å². The zero-order chi connectivity index (χ0) is 7.70. The van der Waals surface area contributed by atoms with Crippen LogP contribution in [0.25, 0.3) is 0 Å². The number of unbranched alkanes of at least 4 members (excludes halogenated alkanes) is 1. The van der Waals surface area contributed by atoms with E-state index in [-0.39, 0.29) is 0 Å². The molecule has 0 unspecified atom stereocenters. The first-order chi connectivity index (χ1) is 4.27. The first-order valence-corrected chi connectivity index (χ1v) is 4.06. The topological polar surface area (TPSA) is 4.44 Å². The van der Waals surface area contributed by atoms with Gasteiger partial charge in [-0.1, -0.05) is 27.2 Å². The van der Waals surface area contributed by atoms with Crippen LogP contribution in [0.15, 0.2) is 0 Å². The summed E-state index contributed by atoms with van der Waals surface area (Å²) in [7, 11) is 4.38. The third-order valence-corrected chi connectivity index (χ3v) is 1.03. The van der Waals surface area contributed by atoms with Crippen molar-refractivity contribution in [1.29, 1.82) is 0 Å². The number of hydrogen-bond acceptors (Lipinski definition) is 0. The van der Waals surface area contributed by atoms with Crippen molar-refractivity contribution in [2.75, 3.05) is 20.6 Å². The van der Waals surface area contributed by atoms with Crippen molar-refractivity contribution >= 4 is 0 Å². The van der Waals surface area contributed by atoms with Crippen LogP contribution < -0.4 is 4.90 Å². The summed E-state index contributed by atoms with van der Waals surface area (Å²) in [6.07, 6.45) is 2.69. The quantitative estimate of drug-likeness (QED) is 0.583. The second-order valence-electron chi connectivity index (χ2n) is 2.31. The summed E-state index contributed by atoms with van der Waals surface area (Å²) in [5.74, 6) is 0. The largest absolute Gasteiger partial charge is 0.340 e. The lowest BCUT2D eigenvalue weighted by Gasteiger charge is -2.03. The average Bonchev–Trinajstić information content (AvgIpc) is 1.88. The highest BCUT2D eigenvalue weighted by atomic mass is 15.0. The second kappa shape index (κ2) is 10.9. The van der Waals surface area contributed by atoms with E-state index in [4.69, 9.17) is 0 Å². The summed E-state index contributed by atoms with van der Waals surface area (Å²) < 4.78 is 0. The average molecular weight is 132 g/mol. The molecule has 0 atom stereocenters. The van der Waals surface area contributed by atoms with Crippen LogP contribution in [0.4, 0.5) is 0 Å². The highest BCUT2D eigenvalue weighted by molar-refractivity contribution is 4.24. The minimum atomic E-state index is 1.32. The molecule has 0 amide bonds. The van der Waals surface area contributed by atoms with Gasteiger partial charge in [0.15, 0.2) is 0 Å². The number of hydrogen-bond donors (Lipinski definition) is 1. The van der Waals surface area contributed by atoms with Crippen molar-refractivity contribution in [1.82, 2.24) is 0 Å². The van der Waals surface area contributed by atoms with Crippen LogP contribution in [0.1, 0.15) is 33.6 Å². The predicted octanol–water partition coefficient (Wildman–Crippen LogP) is 0.957. The maximum atomic E-state index is 2.23. The van der Waals surface area contributed by atoms with Gasteiger partial charge in [0.2, 0.25) is 0 Å². The Labute approximate surface area is 60.1 Å². The molecule has 1 nitrogen and oxygen atoms in total. The van der Waals surface area contributed by atoms with Crippen LogP contribution in [0, 0.1) is 0 Å². The minimum Gasteiger partial charge on any atom is -0.340 e. The maximum Gasteiger partial charge on any atom is 0.0766 e. The van der Waals surface area contributed by atoms with E-state index in [9.17, 15) is 0 Å². The highest BCUT2D eigenvalue weighted by Gasteiger charge is 1.87. The SMILES string of the molecule is CC.CCCC[NH+](C)C. The Morgan fingerprint density at radius 3 is 1.67 bits per heavy atom. The molecule has 1 N–H and O–H groups in total. The standard InChI is InChI=1S/C6H15N.C2H6/c1-4-5-6-7(2)3;1-2/h4-6H2,1-3H3;1-2H3/p+1. The third-order valence-electron chi connectivity index (χ3n) is 1.03. The second-order valence-corrected chi connectivity index (χ2v) is 2.31. The van der Waals surface area contributed by atoms with Gasteiger partial charge in [-0.05, 0) is 6.42 Å². The fourth-order valence-corrected chi connectivity index (χ4v) is 0.530. The summed E-state index contributed by atoms with van der Waals surface area (Å²) in [4.78, 5) is 1.56. The first-order valence-electron chi connectivity index (χ1n) is 4.06. The summed E-state index contributed by atoms with van der Waals surface area (Å²) in [5, 5.41) is 0. The Morgan fingerprint density at radius 1 is 1.11 bits per heavy atom. The number of rotatable bonds is 3. The lowest BCUT2D eigenvalue weighted by atomic mass is 10.3. The molecule has 0 aromatic heterocycles. The van der Waals surface area contributed by atoms with Gasteiger partial charge in [0.1, 0.15) is 0 Å². The molecule has 0 aliphatic rings.